The van der Waals surface area contributed by atoms with Crippen molar-refractivity contribution in [3.63, 3.8) is 0 Å². The second kappa shape index (κ2) is 5.57. The second-order valence-electron chi connectivity index (χ2n) is 6.29. The van der Waals surface area contributed by atoms with Gasteiger partial charge in [-0.15, -0.1) is 0 Å². The lowest BCUT2D eigenvalue weighted by Crippen LogP contribution is -2.41. The maximum absolute atomic E-state index is 12.4. The zero-order chi connectivity index (χ0) is 15.8. The minimum atomic E-state index is 0.0834. The number of para-hydroxylation sites is 1. The Balaban J connectivity index is 1.43. The van der Waals surface area contributed by atoms with Crippen LogP contribution >= 0.6 is 0 Å². The van der Waals surface area contributed by atoms with Crippen molar-refractivity contribution in [2.75, 3.05) is 0 Å². The lowest BCUT2D eigenvalue weighted by molar-refractivity contribution is -0.121. The molecular formula is C18H20N4O. The molecule has 5 heteroatoms. The summed E-state index contributed by atoms with van der Waals surface area (Å²) in [7, 11) is 0. The van der Waals surface area contributed by atoms with Crippen LogP contribution in [0, 0.1) is 6.92 Å². The zero-order valence-corrected chi connectivity index (χ0v) is 13.2. The van der Waals surface area contributed by atoms with Gasteiger partial charge in [0, 0.05) is 42.3 Å². The highest BCUT2D eigenvalue weighted by Crippen LogP contribution is 2.19. The quantitative estimate of drug-likeness (QED) is 0.780. The maximum atomic E-state index is 12.4. The van der Waals surface area contributed by atoms with Crippen molar-refractivity contribution in [3.8, 4) is 0 Å². The van der Waals surface area contributed by atoms with Gasteiger partial charge in [0.25, 0.3) is 0 Å². The molecule has 5 nitrogen and oxygen atoms in total. The molecule has 2 N–H and O–H groups in total. The Morgan fingerprint density at radius 2 is 2.30 bits per heavy atom. The van der Waals surface area contributed by atoms with Crippen molar-refractivity contribution >= 4 is 16.8 Å². The number of hydrogen-bond acceptors (Lipinski definition) is 2. The Kier molecular flexibility index (Phi) is 3.41. The molecule has 0 aliphatic carbocycles. The van der Waals surface area contributed by atoms with E-state index < -0.39 is 0 Å². The highest BCUT2D eigenvalue weighted by Gasteiger charge is 2.21. The number of aromatic amines is 1. The van der Waals surface area contributed by atoms with Crippen LogP contribution in [-0.4, -0.2) is 26.5 Å². The Bertz CT molecular complexity index is 861. The molecule has 1 atom stereocenters. The summed E-state index contributed by atoms with van der Waals surface area (Å²) in [5, 5.41) is 4.29. The molecule has 2 aromatic heterocycles. The summed E-state index contributed by atoms with van der Waals surface area (Å²) in [6, 6.07) is 8.27. The zero-order valence-electron chi connectivity index (χ0n) is 13.2. The maximum Gasteiger partial charge on any atom is 0.224 e. The first-order valence-electron chi connectivity index (χ1n) is 8.06. The van der Waals surface area contributed by atoms with Gasteiger partial charge in [-0.1, -0.05) is 18.2 Å². The molecule has 0 fully saturated rings. The third kappa shape index (κ3) is 2.74. The number of benzene rings is 1. The van der Waals surface area contributed by atoms with Crippen LogP contribution in [0.2, 0.25) is 0 Å². The molecule has 23 heavy (non-hydrogen) atoms. The molecule has 1 amide bonds. The molecule has 1 aliphatic rings. The molecule has 0 bridgehead atoms. The Hall–Kier alpha value is -2.56. The van der Waals surface area contributed by atoms with E-state index in [1.54, 1.807) is 0 Å². The number of aryl methyl sites for hydroxylation is 2. The van der Waals surface area contributed by atoms with E-state index >= 15 is 0 Å². The molecular weight excluding hydrogens is 288 g/mol. The van der Waals surface area contributed by atoms with Crippen LogP contribution in [-0.2, 0) is 24.2 Å². The van der Waals surface area contributed by atoms with E-state index in [0.29, 0.717) is 6.42 Å². The van der Waals surface area contributed by atoms with E-state index in [2.05, 4.69) is 32.1 Å². The van der Waals surface area contributed by atoms with Crippen LogP contribution in [0.1, 0.15) is 23.5 Å². The summed E-state index contributed by atoms with van der Waals surface area (Å²) in [4.78, 5) is 20.1. The fourth-order valence-corrected chi connectivity index (χ4v) is 3.43. The van der Waals surface area contributed by atoms with Gasteiger partial charge in [-0.3, -0.25) is 4.79 Å². The van der Waals surface area contributed by atoms with Crippen LogP contribution < -0.4 is 5.32 Å². The first-order valence-corrected chi connectivity index (χ1v) is 8.06. The number of amides is 1. The predicted octanol–water partition coefficient (Wildman–Crippen LogP) is 2.35. The molecule has 1 unspecified atom stereocenters. The number of nitrogens with zero attached hydrogens (tertiary/aromatic N) is 2. The minimum absolute atomic E-state index is 0.0834. The molecule has 118 valence electrons. The van der Waals surface area contributed by atoms with Crippen molar-refractivity contribution < 1.29 is 4.79 Å². The average Bonchev–Trinajstić information content (AvgIpc) is 3.10. The summed E-state index contributed by atoms with van der Waals surface area (Å²) in [5.74, 6) is 1.21. The fourth-order valence-electron chi connectivity index (χ4n) is 3.43. The average molecular weight is 308 g/mol. The Labute approximate surface area is 134 Å². The van der Waals surface area contributed by atoms with Gasteiger partial charge in [-0.2, -0.15) is 0 Å². The van der Waals surface area contributed by atoms with Gasteiger partial charge >= 0.3 is 0 Å². The third-order valence-corrected chi connectivity index (χ3v) is 4.50. The summed E-state index contributed by atoms with van der Waals surface area (Å²) in [5.41, 5.74) is 3.17. The van der Waals surface area contributed by atoms with Gasteiger partial charge in [0.2, 0.25) is 5.91 Å². The molecule has 3 heterocycles. The van der Waals surface area contributed by atoms with E-state index in [9.17, 15) is 4.79 Å². The lowest BCUT2D eigenvalue weighted by Gasteiger charge is -2.24. The van der Waals surface area contributed by atoms with E-state index in [1.807, 2.05) is 31.3 Å². The molecule has 3 aromatic rings. The Morgan fingerprint density at radius 3 is 3.22 bits per heavy atom. The number of H-pyrrole nitrogens is 1. The minimum Gasteiger partial charge on any atom is -0.361 e. The fraction of sp³-hybridized carbons (Fsp3) is 0.333. The topological polar surface area (TPSA) is 62.7 Å². The Morgan fingerprint density at radius 1 is 1.43 bits per heavy atom. The highest BCUT2D eigenvalue weighted by molar-refractivity contribution is 5.88. The van der Waals surface area contributed by atoms with Gasteiger partial charge in [0.1, 0.15) is 5.82 Å². The van der Waals surface area contributed by atoms with E-state index in [0.717, 1.165) is 47.4 Å². The largest absolute Gasteiger partial charge is 0.361 e. The van der Waals surface area contributed by atoms with Gasteiger partial charge < -0.3 is 14.9 Å². The van der Waals surface area contributed by atoms with Crippen molar-refractivity contribution in [3.05, 3.63) is 53.7 Å². The molecule has 0 saturated carbocycles. The van der Waals surface area contributed by atoms with Crippen LogP contribution in [0.25, 0.3) is 10.9 Å². The molecule has 4 rings (SSSR count). The molecule has 1 aliphatic heterocycles. The standard InChI is InChI=1S/C18H20N4O/c1-12-10-22-11-14(6-7-17(22)20-12)21-18(23)8-13-9-19-16-5-3-2-4-15(13)16/h2-5,9-10,14,19H,6-8,11H2,1H3,(H,21,23). The summed E-state index contributed by atoms with van der Waals surface area (Å²) in [6.07, 6.45) is 6.29. The van der Waals surface area contributed by atoms with Crippen molar-refractivity contribution in [2.45, 2.75) is 38.8 Å². The number of aromatic nitrogens is 3. The first kappa shape index (κ1) is 14.1. The van der Waals surface area contributed by atoms with E-state index in [4.69, 9.17) is 0 Å². The van der Waals surface area contributed by atoms with E-state index in [1.165, 1.54) is 0 Å². The number of hydrogen-bond donors (Lipinski definition) is 2. The highest BCUT2D eigenvalue weighted by atomic mass is 16.1. The summed E-state index contributed by atoms with van der Waals surface area (Å²) < 4.78 is 2.16. The van der Waals surface area contributed by atoms with Gasteiger partial charge in [0.15, 0.2) is 0 Å². The second-order valence-corrected chi connectivity index (χ2v) is 6.29. The summed E-state index contributed by atoms with van der Waals surface area (Å²) in [6.45, 7) is 2.83. The molecule has 0 spiro atoms. The SMILES string of the molecule is Cc1cn2c(n1)CCC(NC(=O)Cc1c[nH]c3ccccc13)C2. The van der Waals surface area contributed by atoms with Crippen molar-refractivity contribution in [1.82, 2.24) is 19.9 Å². The monoisotopic (exact) mass is 308 g/mol. The van der Waals surface area contributed by atoms with Crippen molar-refractivity contribution in [1.29, 1.82) is 0 Å². The number of fused-ring (bicyclic) bond motifs is 2. The number of imidazole rings is 1. The van der Waals surface area contributed by atoms with Crippen LogP contribution in [0.3, 0.4) is 0 Å². The van der Waals surface area contributed by atoms with Crippen LogP contribution in [0.4, 0.5) is 0 Å². The number of nitrogens with one attached hydrogen (secondary N) is 2. The number of carbonyl (C=O) groups is 1. The van der Waals surface area contributed by atoms with E-state index in [-0.39, 0.29) is 11.9 Å². The molecule has 0 radical (unpaired) electrons. The first-order chi connectivity index (χ1) is 11.2. The van der Waals surface area contributed by atoms with Gasteiger partial charge in [-0.05, 0) is 25.0 Å². The number of rotatable bonds is 3. The van der Waals surface area contributed by atoms with Gasteiger partial charge in [-0.25, -0.2) is 4.98 Å². The number of carbonyl (C=O) groups excluding carboxylic acids is 1. The normalized spacial score (nSPS) is 17.2. The predicted molar refractivity (Wildman–Crippen MR) is 89.2 cm³/mol. The lowest BCUT2D eigenvalue weighted by atomic mass is 10.1. The van der Waals surface area contributed by atoms with Crippen LogP contribution in [0.15, 0.2) is 36.7 Å². The summed E-state index contributed by atoms with van der Waals surface area (Å²) >= 11 is 0. The molecule has 1 aromatic carbocycles. The van der Waals surface area contributed by atoms with Crippen LogP contribution in [0.5, 0.6) is 0 Å². The molecule has 0 saturated heterocycles. The van der Waals surface area contributed by atoms with Gasteiger partial charge in [0.05, 0.1) is 12.1 Å². The smallest absolute Gasteiger partial charge is 0.224 e. The third-order valence-electron chi connectivity index (χ3n) is 4.50. The van der Waals surface area contributed by atoms with Crippen molar-refractivity contribution in [2.24, 2.45) is 0 Å².